The molecule has 0 unspecified atom stereocenters. The first-order valence-corrected chi connectivity index (χ1v) is 10.0. The van der Waals surface area contributed by atoms with Crippen molar-refractivity contribution in [2.45, 2.75) is 20.4 Å². The first kappa shape index (κ1) is 25.1. The molecule has 32 heavy (non-hydrogen) atoms. The number of rotatable bonds is 8. The van der Waals surface area contributed by atoms with Crippen LogP contribution in [-0.4, -0.2) is 40.8 Å². The van der Waals surface area contributed by atoms with Crippen LogP contribution in [-0.2, 0) is 6.54 Å². The van der Waals surface area contributed by atoms with E-state index < -0.39 is 4.92 Å². The Kier molecular flexibility index (Phi) is 9.44. The zero-order valence-corrected chi connectivity index (χ0v) is 20.7. The van der Waals surface area contributed by atoms with Gasteiger partial charge < -0.3 is 16.0 Å². The van der Waals surface area contributed by atoms with E-state index in [2.05, 4.69) is 38.2 Å². The van der Waals surface area contributed by atoms with Gasteiger partial charge in [0, 0.05) is 38.4 Å². The van der Waals surface area contributed by atoms with Gasteiger partial charge in [0.2, 0.25) is 0 Å². The molecule has 1 aromatic heterocycles. The molecule has 9 nitrogen and oxygen atoms in total. The van der Waals surface area contributed by atoms with E-state index in [1.165, 1.54) is 6.07 Å². The molecule has 0 aliphatic rings. The number of nitrogens with one attached hydrogen (secondary N) is 3. The van der Waals surface area contributed by atoms with E-state index in [0.29, 0.717) is 31.3 Å². The number of aryl methyl sites for hydroxylation is 2. The summed E-state index contributed by atoms with van der Waals surface area (Å²) in [4.78, 5) is 15.0. The van der Waals surface area contributed by atoms with Gasteiger partial charge in [-0.25, -0.2) is 4.68 Å². The lowest BCUT2D eigenvalue weighted by Crippen LogP contribution is -2.39. The number of aliphatic imine (C=N–C) groups is 1. The first-order chi connectivity index (χ1) is 15.0. The molecule has 0 radical (unpaired) electrons. The Labute approximate surface area is 204 Å². The van der Waals surface area contributed by atoms with Crippen molar-refractivity contribution in [3.8, 4) is 5.69 Å². The number of para-hydroxylation sites is 3. The molecule has 0 saturated heterocycles. The third-order valence-electron chi connectivity index (χ3n) is 4.73. The molecule has 0 spiro atoms. The minimum atomic E-state index is -0.392. The standard InChI is InChI=1S/C22H27N7O2.HI/c1-16-14-17(2)28(27-16)20-10-6-4-8-18(20)15-26-22(23-3)25-13-12-24-19-9-5-7-11-21(19)29(30)31;/h4-11,14,24H,12-13,15H2,1-3H3,(H2,23,25,26);1H. The summed E-state index contributed by atoms with van der Waals surface area (Å²) < 4.78 is 1.94. The Balaban J connectivity index is 0.00000363. The van der Waals surface area contributed by atoms with E-state index in [1.807, 2.05) is 36.7 Å². The highest BCUT2D eigenvalue weighted by Gasteiger charge is 2.12. The zero-order chi connectivity index (χ0) is 22.2. The molecular weight excluding hydrogens is 521 g/mol. The number of nitro benzene ring substituents is 1. The molecule has 0 bridgehead atoms. The number of benzene rings is 2. The van der Waals surface area contributed by atoms with Crippen molar-refractivity contribution in [2.75, 3.05) is 25.5 Å². The Morgan fingerprint density at radius 1 is 1.09 bits per heavy atom. The summed E-state index contributed by atoms with van der Waals surface area (Å²) in [6.07, 6.45) is 0. The van der Waals surface area contributed by atoms with Crippen LogP contribution in [0.3, 0.4) is 0 Å². The lowest BCUT2D eigenvalue weighted by atomic mass is 10.1. The molecule has 0 aliphatic heterocycles. The van der Waals surface area contributed by atoms with Crippen molar-refractivity contribution in [1.82, 2.24) is 20.4 Å². The molecule has 1 heterocycles. The number of guanidine groups is 1. The fourth-order valence-corrected chi connectivity index (χ4v) is 3.30. The quantitative estimate of drug-likeness (QED) is 0.0986. The summed E-state index contributed by atoms with van der Waals surface area (Å²) in [7, 11) is 1.71. The summed E-state index contributed by atoms with van der Waals surface area (Å²) in [5.41, 5.74) is 4.73. The van der Waals surface area contributed by atoms with Gasteiger partial charge in [0.25, 0.3) is 5.69 Å². The molecule has 170 valence electrons. The summed E-state index contributed by atoms with van der Waals surface area (Å²) in [6, 6.07) is 16.7. The maximum Gasteiger partial charge on any atom is 0.292 e. The second-order valence-corrected chi connectivity index (χ2v) is 7.02. The van der Waals surface area contributed by atoms with Crippen molar-refractivity contribution in [1.29, 1.82) is 0 Å². The lowest BCUT2D eigenvalue weighted by Gasteiger charge is -2.15. The van der Waals surface area contributed by atoms with Gasteiger partial charge in [-0.3, -0.25) is 15.1 Å². The molecule has 2 aromatic carbocycles. The molecular formula is C22H28IN7O2. The highest BCUT2D eigenvalue weighted by atomic mass is 127. The molecule has 0 atom stereocenters. The fraction of sp³-hybridized carbons (Fsp3) is 0.273. The number of hydrogen-bond acceptors (Lipinski definition) is 5. The van der Waals surface area contributed by atoms with Crippen LogP contribution >= 0.6 is 24.0 Å². The fourth-order valence-electron chi connectivity index (χ4n) is 3.30. The van der Waals surface area contributed by atoms with Crippen LogP contribution in [0.5, 0.6) is 0 Å². The highest BCUT2D eigenvalue weighted by Crippen LogP contribution is 2.22. The van der Waals surface area contributed by atoms with Crippen molar-refractivity contribution < 1.29 is 4.92 Å². The third kappa shape index (κ3) is 6.42. The van der Waals surface area contributed by atoms with Gasteiger partial charge in [0.05, 0.1) is 16.3 Å². The minimum absolute atomic E-state index is 0. The van der Waals surface area contributed by atoms with Gasteiger partial charge >= 0.3 is 0 Å². The van der Waals surface area contributed by atoms with E-state index >= 15 is 0 Å². The van der Waals surface area contributed by atoms with Crippen LogP contribution in [0.2, 0.25) is 0 Å². The summed E-state index contributed by atoms with van der Waals surface area (Å²) in [5.74, 6) is 0.646. The average molecular weight is 549 g/mol. The second-order valence-electron chi connectivity index (χ2n) is 7.02. The van der Waals surface area contributed by atoms with Crippen molar-refractivity contribution >= 4 is 41.3 Å². The highest BCUT2D eigenvalue weighted by molar-refractivity contribution is 14.0. The van der Waals surface area contributed by atoms with Gasteiger partial charge in [0.15, 0.2) is 5.96 Å². The normalized spacial score (nSPS) is 10.9. The number of aromatic nitrogens is 2. The van der Waals surface area contributed by atoms with Gasteiger partial charge in [-0.15, -0.1) is 24.0 Å². The SMILES string of the molecule is CN=C(NCCNc1ccccc1[N+](=O)[O-])NCc1ccccc1-n1nc(C)cc1C.I. The van der Waals surface area contributed by atoms with Gasteiger partial charge in [-0.05, 0) is 37.6 Å². The van der Waals surface area contributed by atoms with Crippen LogP contribution in [0.25, 0.3) is 5.69 Å². The van der Waals surface area contributed by atoms with Gasteiger partial charge in [-0.2, -0.15) is 5.10 Å². The van der Waals surface area contributed by atoms with E-state index in [1.54, 1.807) is 25.2 Å². The molecule has 10 heteroatoms. The summed E-state index contributed by atoms with van der Waals surface area (Å²) in [5, 5.41) is 25.3. The second kappa shape index (κ2) is 12.0. The molecule has 3 aromatic rings. The Morgan fingerprint density at radius 2 is 1.81 bits per heavy atom. The Morgan fingerprint density at radius 3 is 2.50 bits per heavy atom. The third-order valence-corrected chi connectivity index (χ3v) is 4.73. The zero-order valence-electron chi connectivity index (χ0n) is 18.3. The Bertz CT molecular complexity index is 1080. The molecule has 0 saturated carbocycles. The number of anilines is 1. The monoisotopic (exact) mass is 549 g/mol. The predicted molar refractivity (Wildman–Crippen MR) is 138 cm³/mol. The van der Waals surface area contributed by atoms with Crippen LogP contribution in [0.4, 0.5) is 11.4 Å². The van der Waals surface area contributed by atoms with E-state index in [9.17, 15) is 10.1 Å². The van der Waals surface area contributed by atoms with Gasteiger partial charge in [-0.1, -0.05) is 30.3 Å². The van der Waals surface area contributed by atoms with Crippen LogP contribution in [0, 0.1) is 24.0 Å². The molecule has 3 N–H and O–H groups in total. The summed E-state index contributed by atoms with van der Waals surface area (Å²) in [6.45, 7) is 5.65. The topological polar surface area (TPSA) is 109 Å². The van der Waals surface area contributed by atoms with Crippen molar-refractivity contribution in [3.63, 3.8) is 0 Å². The number of hydrogen-bond donors (Lipinski definition) is 3. The molecule has 0 aliphatic carbocycles. The van der Waals surface area contributed by atoms with Crippen LogP contribution in [0.1, 0.15) is 17.0 Å². The number of nitrogens with zero attached hydrogens (tertiary/aromatic N) is 4. The lowest BCUT2D eigenvalue weighted by molar-refractivity contribution is -0.384. The average Bonchev–Trinajstić information content (AvgIpc) is 3.11. The Hall–Kier alpha value is -3.15. The number of halogens is 1. The van der Waals surface area contributed by atoms with E-state index in [-0.39, 0.29) is 29.7 Å². The van der Waals surface area contributed by atoms with E-state index in [4.69, 9.17) is 0 Å². The maximum absolute atomic E-state index is 11.1. The van der Waals surface area contributed by atoms with Gasteiger partial charge in [0.1, 0.15) is 5.69 Å². The number of nitro groups is 1. The van der Waals surface area contributed by atoms with Crippen molar-refractivity contribution in [2.24, 2.45) is 4.99 Å². The first-order valence-electron chi connectivity index (χ1n) is 10.0. The summed E-state index contributed by atoms with van der Waals surface area (Å²) >= 11 is 0. The molecule has 0 fully saturated rings. The van der Waals surface area contributed by atoms with Crippen LogP contribution in [0.15, 0.2) is 59.6 Å². The largest absolute Gasteiger partial charge is 0.378 e. The van der Waals surface area contributed by atoms with Crippen molar-refractivity contribution in [3.05, 3.63) is 81.7 Å². The predicted octanol–water partition coefficient (Wildman–Crippen LogP) is 3.79. The van der Waals surface area contributed by atoms with E-state index in [0.717, 1.165) is 22.6 Å². The smallest absolute Gasteiger partial charge is 0.292 e. The minimum Gasteiger partial charge on any atom is -0.378 e. The van der Waals surface area contributed by atoms with Crippen LogP contribution < -0.4 is 16.0 Å². The maximum atomic E-state index is 11.1. The molecule has 0 amide bonds. The molecule has 3 rings (SSSR count).